The molecule has 0 aromatic heterocycles. The van der Waals surface area contributed by atoms with Gasteiger partial charge in [0, 0.05) is 5.41 Å². The van der Waals surface area contributed by atoms with Crippen molar-refractivity contribution < 1.29 is 4.74 Å². The average molecular weight is 226 g/mol. The molecule has 0 radical (unpaired) electrons. The molecule has 0 saturated carbocycles. The quantitative estimate of drug-likeness (QED) is 0.661. The smallest absolute Gasteiger partial charge is 0.0690 e. The summed E-state index contributed by atoms with van der Waals surface area (Å²) >= 11 is 0. The highest BCUT2D eigenvalue weighted by Gasteiger charge is 2.39. The minimum Gasteiger partial charge on any atom is -0.376 e. The standard InChI is InChI=1S/C16H18O/c1-13-7-8-16(10-13)12-17-11-15(16)9-14-5-3-2-4-6-14/h2-6,9-10H,7-8,11-12H2,1H3/b15-9+. The van der Waals surface area contributed by atoms with Crippen LogP contribution in [-0.4, -0.2) is 13.2 Å². The number of rotatable bonds is 1. The van der Waals surface area contributed by atoms with Gasteiger partial charge in [0.25, 0.3) is 0 Å². The summed E-state index contributed by atoms with van der Waals surface area (Å²) < 4.78 is 5.70. The number of benzene rings is 1. The van der Waals surface area contributed by atoms with Crippen LogP contribution in [0.4, 0.5) is 0 Å². The van der Waals surface area contributed by atoms with Crippen LogP contribution in [0.15, 0.2) is 47.6 Å². The van der Waals surface area contributed by atoms with Crippen LogP contribution < -0.4 is 0 Å². The fraction of sp³-hybridized carbons (Fsp3) is 0.375. The van der Waals surface area contributed by atoms with Crippen LogP contribution in [0, 0.1) is 5.41 Å². The van der Waals surface area contributed by atoms with Gasteiger partial charge in [-0.3, -0.25) is 0 Å². The molecule has 3 rings (SSSR count). The molecule has 1 saturated heterocycles. The van der Waals surface area contributed by atoms with E-state index in [0.29, 0.717) is 0 Å². The Labute approximate surface area is 103 Å². The van der Waals surface area contributed by atoms with Crippen LogP contribution >= 0.6 is 0 Å². The summed E-state index contributed by atoms with van der Waals surface area (Å²) in [5, 5.41) is 0. The third-order valence-electron chi connectivity index (χ3n) is 3.89. The lowest BCUT2D eigenvalue weighted by molar-refractivity contribution is 0.169. The third-order valence-corrected chi connectivity index (χ3v) is 3.89. The number of ether oxygens (including phenoxy) is 1. The van der Waals surface area contributed by atoms with E-state index >= 15 is 0 Å². The molecule has 1 nitrogen and oxygen atoms in total. The highest BCUT2D eigenvalue weighted by atomic mass is 16.5. The van der Waals surface area contributed by atoms with Crippen LogP contribution in [0.3, 0.4) is 0 Å². The first kappa shape index (κ1) is 10.8. The summed E-state index contributed by atoms with van der Waals surface area (Å²) in [7, 11) is 0. The molecule has 1 unspecified atom stereocenters. The molecule has 2 aliphatic rings. The van der Waals surface area contributed by atoms with Crippen molar-refractivity contribution in [2.45, 2.75) is 19.8 Å². The molecule has 0 amide bonds. The molecule has 17 heavy (non-hydrogen) atoms. The molecule has 0 N–H and O–H groups in total. The Balaban J connectivity index is 1.95. The SMILES string of the molecule is CC1=CC2(CC1)COC/C2=C\c1ccccc1. The molecule has 1 heterocycles. The van der Waals surface area contributed by atoms with Crippen LogP contribution in [0.1, 0.15) is 25.3 Å². The van der Waals surface area contributed by atoms with E-state index in [1.807, 2.05) is 0 Å². The summed E-state index contributed by atoms with van der Waals surface area (Å²) in [6.07, 6.45) is 7.17. The van der Waals surface area contributed by atoms with Gasteiger partial charge in [-0.2, -0.15) is 0 Å². The van der Waals surface area contributed by atoms with Crippen molar-refractivity contribution in [3.8, 4) is 0 Å². The molecule has 1 aromatic carbocycles. The second kappa shape index (κ2) is 4.15. The predicted molar refractivity (Wildman–Crippen MR) is 70.7 cm³/mol. The number of allylic oxidation sites excluding steroid dienone is 1. The Morgan fingerprint density at radius 1 is 1.24 bits per heavy atom. The van der Waals surface area contributed by atoms with Crippen molar-refractivity contribution >= 4 is 6.08 Å². The van der Waals surface area contributed by atoms with Crippen molar-refractivity contribution in [3.63, 3.8) is 0 Å². The Kier molecular flexibility index (Phi) is 2.64. The molecule has 1 atom stereocenters. The van der Waals surface area contributed by atoms with Crippen LogP contribution in [0.2, 0.25) is 0 Å². The lowest BCUT2D eigenvalue weighted by Gasteiger charge is -2.20. The number of hydrogen-bond acceptors (Lipinski definition) is 1. The van der Waals surface area contributed by atoms with Gasteiger partial charge >= 0.3 is 0 Å². The third kappa shape index (κ3) is 1.96. The van der Waals surface area contributed by atoms with E-state index in [-0.39, 0.29) is 5.41 Å². The molecule has 88 valence electrons. The Bertz CT molecular complexity index is 470. The van der Waals surface area contributed by atoms with E-state index in [1.165, 1.54) is 29.6 Å². The zero-order valence-corrected chi connectivity index (χ0v) is 10.3. The molecule has 0 bridgehead atoms. The number of hydrogen-bond donors (Lipinski definition) is 0. The summed E-state index contributed by atoms with van der Waals surface area (Å²) in [4.78, 5) is 0. The van der Waals surface area contributed by atoms with E-state index in [0.717, 1.165) is 13.2 Å². The maximum Gasteiger partial charge on any atom is 0.0690 e. The minimum atomic E-state index is 0.208. The van der Waals surface area contributed by atoms with E-state index in [9.17, 15) is 0 Å². The largest absolute Gasteiger partial charge is 0.376 e. The second-order valence-corrected chi connectivity index (χ2v) is 5.22. The molecule has 1 heteroatoms. The van der Waals surface area contributed by atoms with Gasteiger partial charge < -0.3 is 4.74 Å². The summed E-state index contributed by atoms with van der Waals surface area (Å²) in [6.45, 7) is 3.88. The van der Waals surface area contributed by atoms with Crippen molar-refractivity contribution in [1.29, 1.82) is 0 Å². The van der Waals surface area contributed by atoms with Gasteiger partial charge in [-0.15, -0.1) is 0 Å². The maximum absolute atomic E-state index is 5.70. The molecule has 1 spiro atoms. The average Bonchev–Trinajstić information content (AvgIpc) is 2.89. The molecule has 1 fully saturated rings. The van der Waals surface area contributed by atoms with Gasteiger partial charge in [-0.25, -0.2) is 0 Å². The predicted octanol–water partition coefficient (Wildman–Crippen LogP) is 3.83. The summed E-state index contributed by atoms with van der Waals surface area (Å²) in [6, 6.07) is 10.5. The first-order valence-electron chi connectivity index (χ1n) is 6.31. The van der Waals surface area contributed by atoms with Crippen molar-refractivity contribution in [3.05, 3.63) is 53.1 Å². The van der Waals surface area contributed by atoms with Gasteiger partial charge in [-0.1, -0.05) is 48.1 Å². The van der Waals surface area contributed by atoms with E-state index in [1.54, 1.807) is 0 Å². The fourth-order valence-corrected chi connectivity index (χ4v) is 2.92. The molecule has 1 aromatic rings. The van der Waals surface area contributed by atoms with Crippen LogP contribution in [0.25, 0.3) is 6.08 Å². The first-order valence-corrected chi connectivity index (χ1v) is 6.31. The van der Waals surface area contributed by atoms with E-state index in [4.69, 9.17) is 4.74 Å². The first-order chi connectivity index (χ1) is 8.28. The summed E-state index contributed by atoms with van der Waals surface area (Å²) in [5.74, 6) is 0. The Morgan fingerprint density at radius 3 is 2.76 bits per heavy atom. The lowest BCUT2D eigenvalue weighted by Crippen LogP contribution is -2.16. The summed E-state index contributed by atoms with van der Waals surface area (Å²) in [5.41, 5.74) is 4.44. The zero-order valence-electron chi connectivity index (χ0n) is 10.3. The zero-order chi connectivity index (χ0) is 11.7. The van der Waals surface area contributed by atoms with Gasteiger partial charge in [0.2, 0.25) is 0 Å². The van der Waals surface area contributed by atoms with Crippen molar-refractivity contribution in [2.24, 2.45) is 5.41 Å². The molecule has 1 aliphatic carbocycles. The topological polar surface area (TPSA) is 9.23 Å². The van der Waals surface area contributed by atoms with Gasteiger partial charge in [0.15, 0.2) is 0 Å². The van der Waals surface area contributed by atoms with E-state index in [2.05, 4.69) is 49.4 Å². The second-order valence-electron chi connectivity index (χ2n) is 5.22. The fourth-order valence-electron chi connectivity index (χ4n) is 2.92. The molecule has 1 aliphatic heterocycles. The van der Waals surface area contributed by atoms with Crippen LogP contribution in [-0.2, 0) is 4.74 Å². The van der Waals surface area contributed by atoms with Crippen molar-refractivity contribution in [1.82, 2.24) is 0 Å². The molecular weight excluding hydrogens is 208 g/mol. The highest BCUT2D eigenvalue weighted by molar-refractivity contribution is 5.57. The van der Waals surface area contributed by atoms with Crippen molar-refractivity contribution in [2.75, 3.05) is 13.2 Å². The van der Waals surface area contributed by atoms with Gasteiger partial charge in [0.05, 0.1) is 13.2 Å². The monoisotopic (exact) mass is 226 g/mol. The highest BCUT2D eigenvalue weighted by Crippen LogP contribution is 2.46. The Morgan fingerprint density at radius 2 is 2.06 bits per heavy atom. The normalized spacial score (nSPS) is 30.2. The van der Waals surface area contributed by atoms with E-state index < -0.39 is 0 Å². The maximum atomic E-state index is 5.70. The molecular formula is C16H18O. The van der Waals surface area contributed by atoms with Gasteiger partial charge in [0.1, 0.15) is 0 Å². The van der Waals surface area contributed by atoms with Crippen LogP contribution in [0.5, 0.6) is 0 Å². The minimum absolute atomic E-state index is 0.208. The Hall–Kier alpha value is -1.34. The lowest BCUT2D eigenvalue weighted by atomic mass is 9.81. The van der Waals surface area contributed by atoms with Gasteiger partial charge in [-0.05, 0) is 30.9 Å².